The summed E-state index contributed by atoms with van der Waals surface area (Å²) in [5.74, 6) is 0. The quantitative estimate of drug-likeness (QED) is 0.803. The average molecular weight is 228 g/mol. The van der Waals surface area contributed by atoms with Crippen molar-refractivity contribution in [2.75, 3.05) is 7.11 Å². The first kappa shape index (κ1) is 11.5. The van der Waals surface area contributed by atoms with Crippen LogP contribution in [0.1, 0.15) is 11.6 Å². The van der Waals surface area contributed by atoms with E-state index >= 15 is 0 Å². The summed E-state index contributed by atoms with van der Waals surface area (Å²) in [5.41, 5.74) is 0.541. The number of ether oxygens (including phenoxy) is 1. The van der Waals surface area contributed by atoms with Gasteiger partial charge in [0.05, 0.1) is 7.11 Å². The minimum Gasteiger partial charge on any atom is -0.453 e. The fourth-order valence-electron chi connectivity index (χ4n) is 1.10. The minimum atomic E-state index is -0.786. The summed E-state index contributed by atoms with van der Waals surface area (Å²) < 4.78 is 4.39. The van der Waals surface area contributed by atoms with Gasteiger partial charge in [-0.1, -0.05) is 29.8 Å². The number of alkyl carbamates (subject to hydrolysis) is 1. The Bertz CT molecular complexity index is 367. The zero-order valence-corrected chi connectivity index (χ0v) is 8.82. The van der Waals surface area contributed by atoms with E-state index in [4.69, 9.17) is 11.6 Å². The van der Waals surface area contributed by atoms with Gasteiger partial charge in [0.2, 0.25) is 0 Å². The van der Waals surface area contributed by atoms with Crippen LogP contribution in [0.15, 0.2) is 24.3 Å². The number of amides is 1. The number of aldehydes is 1. The normalized spacial score (nSPS) is 11.6. The standard InChI is InChI=1S/C10H10ClNO3/c1-15-10(14)12-9(6-13)7-4-2-3-5-8(7)11/h2-6,9H,1H3,(H,12,14)/t9-/m0/s1. The van der Waals surface area contributed by atoms with Crippen molar-refractivity contribution in [3.63, 3.8) is 0 Å². The highest BCUT2D eigenvalue weighted by Gasteiger charge is 2.15. The van der Waals surface area contributed by atoms with Crippen molar-refractivity contribution in [1.29, 1.82) is 0 Å². The molecule has 0 fully saturated rings. The van der Waals surface area contributed by atoms with E-state index < -0.39 is 12.1 Å². The maximum absolute atomic E-state index is 10.9. The largest absolute Gasteiger partial charge is 0.453 e. The molecular weight excluding hydrogens is 218 g/mol. The Labute approximate surface area is 92.2 Å². The molecule has 1 atom stereocenters. The Balaban J connectivity index is 2.88. The van der Waals surface area contributed by atoms with Crippen molar-refractivity contribution in [3.8, 4) is 0 Å². The Kier molecular flexibility index (Phi) is 4.12. The first-order valence-electron chi connectivity index (χ1n) is 4.23. The molecular formula is C10H10ClNO3. The van der Waals surface area contributed by atoms with Gasteiger partial charge in [-0.15, -0.1) is 0 Å². The fourth-order valence-corrected chi connectivity index (χ4v) is 1.35. The van der Waals surface area contributed by atoms with Gasteiger partial charge < -0.3 is 14.8 Å². The molecule has 0 saturated heterocycles. The third-order valence-corrected chi connectivity index (χ3v) is 2.18. The summed E-state index contributed by atoms with van der Waals surface area (Å²) in [7, 11) is 1.23. The zero-order valence-electron chi connectivity index (χ0n) is 8.07. The molecule has 1 aromatic rings. The molecule has 0 heterocycles. The second-order valence-electron chi connectivity index (χ2n) is 2.77. The predicted octanol–water partition coefficient (Wildman–Crippen LogP) is 1.94. The van der Waals surface area contributed by atoms with E-state index in [1.54, 1.807) is 24.3 Å². The molecule has 0 bridgehead atoms. The third kappa shape index (κ3) is 2.95. The number of carbonyl (C=O) groups is 2. The average Bonchev–Trinajstić information content (AvgIpc) is 2.26. The van der Waals surface area contributed by atoms with Crippen LogP contribution in [0.4, 0.5) is 4.79 Å². The molecule has 0 radical (unpaired) electrons. The lowest BCUT2D eigenvalue weighted by molar-refractivity contribution is -0.109. The molecule has 0 spiro atoms. The summed E-state index contributed by atoms with van der Waals surface area (Å²) in [6, 6.07) is 6.00. The van der Waals surface area contributed by atoms with Crippen molar-refractivity contribution in [2.45, 2.75) is 6.04 Å². The summed E-state index contributed by atoms with van der Waals surface area (Å²) in [4.78, 5) is 21.7. The van der Waals surface area contributed by atoms with Gasteiger partial charge in [-0.25, -0.2) is 4.79 Å². The molecule has 1 aromatic carbocycles. The number of carbonyl (C=O) groups excluding carboxylic acids is 2. The fraction of sp³-hybridized carbons (Fsp3) is 0.200. The van der Waals surface area contributed by atoms with Crippen LogP contribution in [0.3, 0.4) is 0 Å². The molecule has 0 unspecified atom stereocenters. The smallest absolute Gasteiger partial charge is 0.407 e. The maximum atomic E-state index is 10.9. The SMILES string of the molecule is COC(=O)N[C@@H](C=O)c1ccccc1Cl. The Morgan fingerprint density at radius 1 is 1.53 bits per heavy atom. The van der Waals surface area contributed by atoms with E-state index in [0.717, 1.165) is 0 Å². The molecule has 15 heavy (non-hydrogen) atoms. The molecule has 1 N–H and O–H groups in total. The topological polar surface area (TPSA) is 55.4 Å². The van der Waals surface area contributed by atoms with Crippen LogP contribution in [-0.2, 0) is 9.53 Å². The van der Waals surface area contributed by atoms with E-state index in [-0.39, 0.29) is 0 Å². The van der Waals surface area contributed by atoms with Crippen LogP contribution in [0.2, 0.25) is 5.02 Å². The lowest BCUT2D eigenvalue weighted by Gasteiger charge is -2.13. The van der Waals surface area contributed by atoms with Crippen LogP contribution in [-0.4, -0.2) is 19.5 Å². The zero-order chi connectivity index (χ0) is 11.3. The number of methoxy groups -OCH3 is 1. The Hall–Kier alpha value is -1.55. The highest BCUT2D eigenvalue weighted by molar-refractivity contribution is 6.31. The van der Waals surface area contributed by atoms with Gasteiger partial charge in [0, 0.05) is 10.6 Å². The summed E-state index contributed by atoms with van der Waals surface area (Å²) in [6.07, 6.45) is -0.0787. The van der Waals surface area contributed by atoms with E-state index in [2.05, 4.69) is 10.1 Å². The number of benzene rings is 1. The number of halogens is 1. The number of rotatable bonds is 3. The molecule has 1 rings (SSSR count). The van der Waals surface area contributed by atoms with Gasteiger partial charge in [-0.05, 0) is 6.07 Å². The second kappa shape index (κ2) is 5.36. The van der Waals surface area contributed by atoms with Gasteiger partial charge in [0.1, 0.15) is 12.3 Å². The highest BCUT2D eigenvalue weighted by Crippen LogP contribution is 2.21. The Morgan fingerprint density at radius 2 is 2.20 bits per heavy atom. The van der Waals surface area contributed by atoms with Crippen molar-refractivity contribution < 1.29 is 14.3 Å². The van der Waals surface area contributed by atoms with Crippen LogP contribution in [0.5, 0.6) is 0 Å². The minimum absolute atomic E-state index is 0.422. The molecule has 0 aliphatic heterocycles. The Morgan fingerprint density at radius 3 is 2.73 bits per heavy atom. The van der Waals surface area contributed by atoms with Crippen LogP contribution in [0.25, 0.3) is 0 Å². The highest BCUT2D eigenvalue weighted by atomic mass is 35.5. The predicted molar refractivity (Wildman–Crippen MR) is 55.8 cm³/mol. The molecule has 80 valence electrons. The molecule has 0 aliphatic rings. The molecule has 4 nitrogen and oxygen atoms in total. The summed E-state index contributed by atoms with van der Waals surface area (Å²) >= 11 is 5.87. The number of hydrogen-bond donors (Lipinski definition) is 1. The molecule has 0 saturated carbocycles. The first-order chi connectivity index (χ1) is 7.19. The van der Waals surface area contributed by atoms with Gasteiger partial charge in [0.15, 0.2) is 0 Å². The van der Waals surface area contributed by atoms with Crippen LogP contribution < -0.4 is 5.32 Å². The van der Waals surface area contributed by atoms with Crippen LogP contribution >= 0.6 is 11.6 Å². The molecule has 0 aliphatic carbocycles. The van der Waals surface area contributed by atoms with Gasteiger partial charge in [0.25, 0.3) is 0 Å². The number of hydrogen-bond acceptors (Lipinski definition) is 3. The third-order valence-electron chi connectivity index (χ3n) is 1.84. The van der Waals surface area contributed by atoms with E-state index in [1.165, 1.54) is 7.11 Å². The monoisotopic (exact) mass is 227 g/mol. The van der Waals surface area contributed by atoms with E-state index in [9.17, 15) is 9.59 Å². The lowest BCUT2D eigenvalue weighted by Crippen LogP contribution is -2.29. The van der Waals surface area contributed by atoms with Crippen molar-refractivity contribution in [3.05, 3.63) is 34.9 Å². The first-order valence-corrected chi connectivity index (χ1v) is 4.61. The molecule has 0 aromatic heterocycles. The molecule has 5 heteroatoms. The van der Waals surface area contributed by atoms with Gasteiger partial charge in [-0.2, -0.15) is 0 Å². The van der Waals surface area contributed by atoms with Crippen LogP contribution in [0, 0.1) is 0 Å². The summed E-state index contributed by atoms with van der Waals surface area (Å²) in [6.45, 7) is 0. The van der Waals surface area contributed by atoms with Gasteiger partial charge >= 0.3 is 6.09 Å². The van der Waals surface area contributed by atoms with E-state index in [1.807, 2.05) is 0 Å². The van der Waals surface area contributed by atoms with Gasteiger partial charge in [-0.3, -0.25) is 0 Å². The van der Waals surface area contributed by atoms with Crippen molar-refractivity contribution in [2.24, 2.45) is 0 Å². The second-order valence-corrected chi connectivity index (χ2v) is 3.18. The lowest BCUT2D eigenvalue weighted by atomic mass is 10.1. The molecule has 1 amide bonds. The van der Waals surface area contributed by atoms with Crippen molar-refractivity contribution >= 4 is 24.0 Å². The van der Waals surface area contributed by atoms with Crippen molar-refractivity contribution in [1.82, 2.24) is 5.32 Å². The van der Waals surface area contributed by atoms with E-state index in [0.29, 0.717) is 16.9 Å². The number of nitrogens with one attached hydrogen (secondary N) is 1. The maximum Gasteiger partial charge on any atom is 0.407 e. The summed E-state index contributed by atoms with van der Waals surface area (Å²) in [5, 5.41) is 2.78.